The minimum absolute atomic E-state index is 0.210. The van der Waals surface area contributed by atoms with E-state index < -0.39 is 10.0 Å². The average Bonchev–Trinajstić information content (AvgIpc) is 3.26. The third kappa shape index (κ3) is 3.47. The molecule has 4 aromatic rings. The molecule has 2 aliphatic heterocycles. The number of aliphatic imine (C=N–C) groups is 1. The van der Waals surface area contributed by atoms with Gasteiger partial charge in [0.2, 0.25) is 10.0 Å². The molecule has 6 rings (SSSR count). The van der Waals surface area contributed by atoms with Crippen LogP contribution >= 0.6 is 11.7 Å². The van der Waals surface area contributed by atoms with E-state index in [2.05, 4.69) is 13.6 Å². The molecule has 33 heavy (non-hydrogen) atoms. The van der Waals surface area contributed by atoms with Crippen molar-refractivity contribution in [3.63, 3.8) is 0 Å². The Hall–Kier alpha value is -3.34. The van der Waals surface area contributed by atoms with Gasteiger partial charge in [-0.15, -0.1) is 0 Å². The number of hydrogen-bond donors (Lipinski definition) is 0. The number of aromatic nitrogens is 2. The van der Waals surface area contributed by atoms with Crippen molar-refractivity contribution < 1.29 is 13.2 Å². The lowest BCUT2D eigenvalue weighted by Crippen LogP contribution is -2.50. The van der Waals surface area contributed by atoms with Gasteiger partial charge in [-0.1, -0.05) is 30.3 Å². The van der Waals surface area contributed by atoms with Crippen LogP contribution in [0.1, 0.15) is 5.56 Å². The van der Waals surface area contributed by atoms with E-state index in [0.29, 0.717) is 43.0 Å². The van der Waals surface area contributed by atoms with Crippen LogP contribution in [0.2, 0.25) is 0 Å². The van der Waals surface area contributed by atoms with Gasteiger partial charge in [0, 0.05) is 26.2 Å². The molecule has 0 aliphatic carbocycles. The zero-order valence-electron chi connectivity index (χ0n) is 17.5. The van der Waals surface area contributed by atoms with Gasteiger partial charge in [0.1, 0.15) is 33.2 Å². The van der Waals surface area contributed by atoms with E-state index in [4.69, 9.17) is 9.73 Å². The third-order valence-corrected chi connectivity index (χ3v) is 8.32. The quantitative estimate of drug-likeness (QED) is 0.435. The smallest absolute Gasteiger partial charge is 0.245 e. The average molecular weight is 478 g/mol. The van der Waals surface area contributed by atoms with Gasteiger partial charge in [-0.2, -0.15) is 13.1 Å². The molecule has 1 aromatic heterocycles. The molecule has 0 unspecified atom stereocenters. The molecule has 3 aromatic carbocycles. The predicted molar refractivity (Wildman–Crippen MR) is 127 cm³/mol. The molecule has 2 aliphatic rings. The van der Waals surface area contributed by atoms with Gasteiger partial charge in [-0.3, -0.25) is 0 Å². The van der Waals surface area contributed by atoms with Gasteiger partial charge in [-0.05, 0) is 36.4 Å². The van der Waals surface area contributed by atoms with Crippen molar-refractivity contribution in [3.8, 4) is 11.5 Å². The summed E-state index contributed by atoms with van der Waals surface area (Å²) in [6.07, 6.45) is 0. The fourth-order valence-corrected chi connectivity index (χ4v) is 6.35. The molecule has 0 bridgehead atoms. The first-order valence-electron chi connectivity index (χ1n) is 10.5. The van der Waals surface area contributed by atoms with E-state index in [1.165, 1.54) is 4.31 Å². The molecule has 0 atom stereocenters. The number of amidine groups is 1. The Morgan fingerprint density at radius 2 is 1.58 bits per heavy atom. The van der Waals surface area contributed by atoms with Crippen LogP contribution in [-0.4, -0.2) is 58.4 Å². The zero-order chi connectivity index (χ0) is 22.4. The van der Waals surface area contributed by atoms with Crippen LogP contribution in [-0.2, 0) is 10.0 Å². The van der Waals surface area contributed by atoms with Crippen molar-refractivity contribution in [2.45, 2.75) is 4.90 Å². The molecule has 0 N–H and O–H groups in total. The van der Waals surface area contributed by atoms with Crippen molar-refractivity contribution in [1.29, 1.82) is 0 Å². The Labute approximate surface area is 195 Å². The summed E-state index contributed by atoms with van der Waals surface area (Å²) in [7, 11) is -3.68. The summed E-state index contributed by atoms with van der Waals surface area (Å²) in [5.41, 5.74) is 2.67. The molecule has 1 saturated heterocycles. The minimum Gasteiger partial charge on any atom is -0.454 e. The van der Waals surface area contributed by atoms with Gasteiger partial charge in [0.05, 0.1) is 17.3 Å². The molecule has 8 nitrogen and oxygen atoms in total. The van der Waals surface area contributed by atoms with Gasteiger partial charge >= 0.3 is 0 Å². The minimum atomic E-state index is -3.68. The van der Waals surface area contributed by atoms with E-state index in [1.54, 1.807) is 18.2 Å². The van der Waals surface area contributed by atoms with Crippen LogP contribution in [0.25, 0.3) is 11.0 Å². The molecule has 166 valence electrons. The summed E-state index contributed by atoms with van der Waals surface area (Å²) < 4.78 is 42.8. The standard InChI is InChI=1S/C23H19N5O3S2/c29-33(30,21-11-5-8-18-22(21)26-32-25-18)28-14-12-27(13-15-28)23-16-6-1-3-9-19(16)31-20-10-4-2-7-17(20)24-23/h1-11H,12-15H2. The van der Waals surface area contributed by atoms with E-state index in [9.17, 15) is 8.42 Å². The lowest BCUT2D eigenvalue weighted by Gasteiger charge is -2.35. The highest BCUT2D eigenvalue weighted by atomic mass is 32.2. The van der Waals surface area contributed by atoms with Crippen molar-refractivity contribution in [2.24, 2.45) is 4.99 Å². The van der Waals surface area contributed by atoms with Gasteiger partial charge in [0.15, 0.2) is 5.75 Å². The number of fused-ring (bicyclic) bond motifs is 3. The summed E-state index contributed by atoms with van der Waals surface area (Å²) >= 11 is 1.02. The number of nitrogens with zero attached hydrogens (tertiary/aromatic N) is 5. The zero-order valence-corrected chi connectivity index (χ0v) is 19.1. The van der Waals surface area contributed by atoms with Crippen LogP contribution in [0.4, 0.5) is 5.69 Å². The highest BCUT2D eigenvalue weighted by Gasteiger charge is 2.33. The maximum absolute atomic E-state index is 13.4. The maximum atomic E-state index is 13.4. The van der Waals surface area contributed by atoms with Crippen LogP contribution in [0.3, 0.4) is 0 Å². The number of sulfonamides is 1. The topological polar surface area (TPSA) is 88.0 Å². The number of piperazine rings is 1. The second-order valence-electron chi connectivity index (χ2n) is 7.78. The second kappa shape index (κ2) is 7.91. The van der Waals surface area contributed by atoms with Gasteiger partial charge < -0.3 is 9.64 Å². The van der Waals surface area contributed by atoms with Crippen molar-refractivity contribution in [2.75, 3.05) is 26.2 Å². The van der Waals surface area contributed by atoms with E-state index in [-0.39, 0.29) is 4.90 Å². The normalized spacial score (nSPS) is 16.5. The molecule has 1 fully saturated rings. The summed E-state index contributed by atoms with van der Waals surface area (Å²) in [6.45, 7) is 1.72. The summed E-state index contributed by atoms with van der Waals surface area (Å²) in [6, 6.07) is 20.6. The Bertz CT molecular complexity index is 1490. The lowest BCUT2D eigenvalue weighted by atomic mass is 10.1. The first-order valence-corrected chi connectivity index (χ1v) is 12.7. The SMILES string of the molecule is O=S(=O)(c1cccc2nsnc12)N1CCN(C2=Nc3ccccc3Oc3ccccc32)CC1. The second-order valence-corrected chi connectivity index (χ2v) is 10.2. The molecule has 3 heterocycles. The number of rotatable bonds is 2. The van der Waals surface area contributed by atoms with Crippen LogP contribution in [0, 0.1) is 0 Å². The predicted octanol–water partition coefficient (Wildman–Crippen LogP) is 3.88. The Kier molecular flexibility index (Phi) is 4.86. The number of benzene rings is 3. The fraction of sp³-hybridized carbons (Fsp3) is 0.174. The number of para-hydroxylation sites is 3. The third-order valence-electron chi connectivity index (χ3n) is 5.84. The molecule has 10 heteroatoms. The molecular formula is C23H19N5O3S2. The van der Waals surface area contributed by atoms with Crippen LogP contribution < -0.4 is 4.74 Å². The first kappa shape index (κ1) is 20.3. The van der Waals surface area contributed by atoms with Crippen LogP contribution in [0.5, 0.6) is 11.5 Å². The van der Waals surface area contributed by atoms with E-state index in [0.717, 1.165) is 34.6 Å². The monoisotopic (exact) mass is 477 g/mol. The summed E-state index contributed by atoms with van der Waals surface area (Å²) in [4.78, 5) is 7.25. The van der Waals surface area contributed by atoms with Gasteiger partial charge in [-0.25, -0.2) is 13.4 Å². The van der Waals surface area contributed by atoms with E-state index in [1.807, 2.05) is 48.5 Å². The maximum Gasteiger partial charge on any atom is 0.245 e. The fourth-order valence-electron chi connectivity index (χ4n) is 4.18. The number of ether oxygens (including phenoxy) is 1. The summed E-state index contributed by atoms with van der Waals surface area (Å²) in [5.74, 6) is 2.23. The van der Waals surface area contributed by atoms with Crippen LogP contribution in [0.15, 0.2) is 76.6 Å². The van der Waals surface area contributed by atoms with Crippen molar-refractivity contribution in [3.05, 3.63) is 72.3 Å². The van der Waals surface area contributed by atoms with Crippen molar-refractivity contribution >= 4 is 44.3 Å². The van der Waals surface area contributed by atoms with Crippen molar-refractivity contribution in [1.82, 2.24) is 18.0 Å². The molecule has 0 radical (unpaired) electrons. The highest BCUT2D eigenvalue weighted by molar-refractivity contribution is 7.89. The molecule has 0 saturated carbocycles. The Morgan fingerprint density at radius 1 is 0.818 bits per heavy atom. The summed E-state index contributed by atoms with van der Waals surface area (Å²) in [5, 5.41) is 0. The lowest BCUT2D eigenvalue weighted by molar-refractivity contribution is 0.266. The largest absolute Gasteiger partial charge is 0.454 e. The van der Waals surface area contributed by atoms with E-state index >= 15 is 0 Å². The molecule has 0 spiro atoms. The number of hydrogen-bond acceptors (Lipinski definition) is 8. The Morgan fingerprint density at radius 3 is 2.42 bits per heavy atom. The molecular weight excluding hydrogens is 458 g/mol. The first-order chi connectivity index (χ1) is 16.1. The highest BCUT2D eigenvalue weighted by Crippen LogP contribution is 2.38. The molecule has 0 amide bonds. The van der Waals surface area contributed by atoms with Gasteiger partial charge in [0.25, 0.3) is 0 Å². The Balaban J connectivity index is 1.31.